The first kappa shape index (κ1) is 12.8. The largest absolute Gasteiger partial charge is 0.384 e. The second-order valence-corrected chi connectivity index (χ2v) is 5.92. The number of rotatable bonds is 5. The van der Waals surface area contributed by atoms with Crippen LogP contribution in [0.2, 0.25) is 0 Å². The monoisotopic (exact) mass is 253 g/mol. The zero-order chi connectivity index (χ0) is 12.3. The van der Waals surface area contributed by atoms with Crippen molar-refractivity contribution in [1.82, 2.24) is 9.55 Å². The fourth-order valence-electron chi connectivity index (χ4n) is 2.70. The first-order valence-corrected chi connectivity index (χ1v) is 7.93. The molecule has 0 aliphatic heterocycles. The quantitative estimate of drug-likeness (QED) is 0.821. The van der Waals surface area contributed by atoms with Crippen molar-refractivity contribution < 1.29 is 0 Å². The molecule has 1 aliphatic carbocycles. The Kier molecular flexibility index (Phi) is 4.37. The number of aryl methyl sites for hydroxylation is 1. The Balaban J connectivity index is 2.09. The van der Waals surface area contributed by atoms with Crippen molar-refractivity contribution in [2.75, 3.05) is 17.7 Å². The predicted octanol–water partition coefficient (Wildman–Crippen LogP) is 2.96. The van der Waals surface area contributed by atoms with Crippen molar-refractivity contribution in [1.29, 1.82) is 0 Å². The zero-order valence-electron chi connectivity index (χ0n) is 10.9. The summed E-state index contributed by atoms with van der Waals surface area (Å²) in [5.41, 5.74) is 7.26. The highest BCUT2D eigenvalue weighted by Crippen LogP contribution is 2.34. The summed E-state index contributed by atoms with van der Waals surface area (Å²) in [6.07, 6.45) is 9.60. The minimum atomic E-state index is 0.650. The normalized spacial score (nSPS) is 16.8. The fourth-order valence-corrected chi connectivity index (χ4v) is 3.14. The Bertz CT molecular complexity index is 367. The maximum atomic E-state index is 6.15. The molecule has 96 valence electrons. The average Bonchev–Trinajstić information content (AvgIpc) is 2.93. The minimum absolute atomic E-state index is 0.650. The van der Waals surface area contributed by atoms with E-state index in [-0.39, 0.29) is 0 Å². The molecule has 0 saturated heterocycles. The van der Waals surface area contributed by atoms with Gasteiger partial charge in [-0.15, -0.1) is 0 Å². The summed E-state index contributed by atoms with van der Waals surface area (Å²) in [7, 11) is 2.06. The molecule has 4 heteroatoms. The number of nitrogen functional groups attached to an aromatic ring is 1. The molecule has 3 nitrogen and oxygen atoms in total. The molecule has 1 fully saturated rings. The number of imidazole rings is 1. The van der Waals surface area contributed by atoms with Gasteiger partial charge in [0, 0.05) is 13.0 Å². The van der Waals surface area contributed by atoms with Crippen LogP contribution < -0.4 is 5.73 Å². The van der Waals surface area contributed by atoms with Gasteiger partial charge in [-0.3, -0.25) is 0 Å². The fraction of sp³-hybridized carbons (Fsp3) is 0.769. The van der Waals surface area contributed by atoms with Gasteiger partial charge in [0.25, 0.3) is 0 Å². The molecular weight excluding hydrogens is 230 g/mol. The lowest BCUT2D eigenvalue weighted by Gasteiger charge is -2.08. The van der Waals surface area contributed by atoms with Crippen LogP contribution in [-0.2, 0) is 13.5 Å². The second kappa shape index (κ2) is 5.80. The van der Waals surface area contributed by atoms with Gasteiger partial charge < -0.3 is 10.3 Å². The van der Waals surface area contributed by atoms with E-state index >= 15 is 0 Å². The molecule has 1 aromatic heterocycles. The van der Waals surface area contributed by atoms with E-state index in [2.05, 4.69) is 17.9 Å². The van der Waals surface area contributed by atoms with Crippen LogP contribution in [0.5, 0.6) is 0 Å². The number of nitrogens with two attached hydrogens (primary N) is 1. The Hall–Kier alpha value is -0.640. The number of nitrogens with zero attached hydrogens (tertiary/aromatic N) is 2. The lowest BCUT2D eigenvalue weighted by molar-refractivity contribution is 0.633. The molecule has 0 aromatic carbocycles. The summed E-state index contributed by atoms with van der Waals surface area (Å²) in [6.45, 7) is 0. The van der Waals surface area contributed by atoms with Gasteiger partial charge in [-0.05, 0) is 37.7 Å². The van der Waals surface area contributed by atoms with Crippen molar-refractivity contribution in [2.24, 2.45) is 7.05 Å². The van der Waals surface area contributed by atoms with Gasteiger partial charge in [-0.1, -0.05) is 12.8 Å². The van der Waals surface area contributed by atoms with E-state index in [4.69, 9.17) is 10.7 Å². The van der Waals surface area contributed by atoms with Gasteiger partial charge >= 0.3 is 0 Å². The van der Waals surface area contributed by atoms with Gasteiger partial charge in [0.15, 0.2) is 0 Å². The number of aromatic nitrogens is 2. The predicted molar refractivity (Wildman–Crippen MR) is 75.5 cm³/mol. The maximum Gasteiger partial charge on any atom is 0.126 e. The van der Waals surface area contributed by atoms with Crippen molar-refractivity contribution >= 4 is 17.6 Å². The number of hydrogen-bond acceptors (Lipinski definition) is 3. The van der Waals surface area contributed by atoms with Crippen LogP contribution in [0, 0.1) is 0 Å². The van der Waals surface area contributed by atoms with E-state index in [0.717, 1.165) is 17.9 Å². The molecule has 1 heterocycles. The van der Waals surface area contributed by atoms with E-state index in [9.17, 15) is 0 Å². The molecule has 1 aliphatic rings. The Morgan fingerprint density at radius 1 is 1.41 bits per heavy atom. The summed E-state index contributed by atoms with van der Waals surface area (Å²) in [6, 6.07) is 0. The summed E-state index contributed by atoms with van der Waals surface area (Å²) in [4.78, 5) is 4.79. The Morgan fingerprint density at radius 2 is 2.12 bits per heavy atom. The molecule has 0 atom stereocenters. The van der Waals surface area contributed by atoms with Crippen LogP contribution in [0.4, 0.5) is 5.82 Å². The van der Waals surface area contributed by atoms with Gasteiger partial charge in [0.2, 0.25) is 0 Å². The topological polar surface area (TPSA) is 43.8 Å². The zero-order valence-corrected chi connectivity index (χ0v) is 11.7. The second-order valence-electron chi connectivity index (χ2n) is 4.94. The summed E-state index contributed by atoms with van der Waals surface area (Å²) < 4.78 is 2.12. The van der Waals surface area contributed by atoms with Crippen LogP contribution in [0.15, 0.2) is 0 Å². The molecule has 1 saturated carbocycles. The molecule has 2 rings (SSSR count). The van der Waals surface area contributed by atoms with Crippen LogP contribution >= 0.6 is 11.8 Å². The van der Waals surface area contributed by atoms with E-state index in [1.807, 2.05) is 11.8 Å². The third-order valence-corrected chi connectivity index (χ3v) is 4.43. The van der Waals surface area contributed by atoms with Crippen LogP contribution in [-0.4, -0.2) is 21.6 Å². The molecule has 2 N–H and O–H groups in total. The Labute approximate surface area is 108 Å². The number of hydrogen-bond donors (Lipinski definition) is 1. The smallest absolute Gasteiger partial charge is 0.126 e. The van der Waals surface area contributed by atoms with E-state index < -0.39 is 0 Å². The molecule has 0 radical (unpaired) electrons. The van der Waals surface area contributed by atoms with E-state index in [1.165, 1.54) is 43.7 Å². The van der Waals surface area contributed by atoms with Gasteiger partial charge in [-0.25, -0.2) is 4.98 Å². The van der Waals surface area contributed by atoms with Crippen LogP contribution in [0.1, 0.15) is 49.5 Å². The minimum Gasteiger partial charge on any atom is -0.384 e. The standard InChI is InChI=1S/C13H23N3S/c1-16-12(14)11(8-5-9-17-2)15-13(16)10-6-3-4-7-10/h10H,3-9,14H2,1-2H3. The third-order valence-electron chi connectivity index (χ3n) is 3.73. The first-order chi connectivity index (χ1) is 8.24. The summed E-state index contributed by atoms with van der Waals surface area (Å²) >= 11 is 1.89. The molecule has 1 aromatic rings. The molecule has 0 spiro atoms. The first-order valence-electron chi connectivity index (χ1n) is 6.54. The van der Waals surface area contributed by atoms with E-state index in [1.54, 1.807) is 0 Å². The van der Waals surface area contributed by atoms with Crippen LogP contribution in [0.3, 0.4) is 0 Å². The van der Waals surface area contributed by atoms with Crippen LogP contribution in [0.25, 0.3) is 0 Å². The summed E-state index contributed by atoms with van der Waals surface area (Å²) in [5.74, 6) is 3.94. The number of thioether (sulfide) groups is 1. The van der Waals surface area contributed by atoms with Crippen molar-refractivity contribution in [3.05, 3.63) is 11.5 Å². The molecule has 17 heavy (non-hydrogen) atoms. The SMILES string of the molecule is CSCCCc1nc(C2CCCC2)n(C)c1N. The van der Waals surface area contributed by atoms with Gasteiger partial charge in [-0.2, -0.15) is 11.8 Å². The van der Waals surface area contributed by atoms with E-state index in [0.29, 0.717) is 5.92 Å². The highest BCUT2D eigenvalue weighted by Gasteiger charge is 2.23. The highest BCUT2D eigenvalue weighted by atomic mass is 32.2. The average molecular weight is 253 g/mol. The summed E-state index contributed by atoms with van der Waals surface area (Å²) in [5, 5.41) is 0. The van der Waals surface area contributed by atoms with Crippen molar-refractivity contribution in [3.63, 3.8) is 0 Å². The van der Waals surface area contributed by atoms with Crippen molar-refractivity contribution in [2.45, 2.75) is 44.4 Å². The number of anilines is 1. The molecule has 0 unspecified atom stereocenters. The Morgan fingerprint density at radius 3 is 2.76 bits per heavy atom. The lowest BCUT2D eigenvalue weighted by Crippen LogP contribution is -2.05. The van der Waals surface area contributed by atoms with Gasteiger partial charge in [0.05, 0.1) is 5.69 Å². The molecule has 0 amide bonds. The molecular formula is C13H23N3S. The maximum absolute atomic E-state index is 6.15. The lowest BCUT2D eigenvalue weighted by atomic mass is 10.1. The van der Waals surface area contributed by atoms with Crippen molar-refractivity contribution in [3.8, 4) is 0 Å². The van der Waals surface area contributed by atoms with Gasteiger partial charge in [0.1, 0.15) is 11.6 Å². The third kappa shape index (κ3) is 2.79. The highest BCUT2D eigenvalue weighted by molar-refractivity contribution is 7.98. The molecule has 0 bridgehead atoms.